The maximum atomic E-state index is 11.0. The number of fused-ring (bicyclic) bond motifs is 1. The Morgan fingerprint density at radius 1 is 1.20 bits per heavy atom. The molecule has 0 radical (unpaired) electrons. The van der Waals surface area contributed by atoms with Crippen LogP contribution in [0.4, 0.5) is 0 Å². The summed E-state index contributed by atoms with van der Waals surface area (Å²) in [5.74, 6) is -0.932. The molecule has 0 aliphatic heterocycles. The lowest BCUT2D eigenvalue weighted by Crippen LogP contribution is -1.95. The van der Waals surface area contributed by atoms with Gasteiger partial charge in [-0.15, -0.1) is 0 Å². The summed E-state index contributed by atoms with van der Waals surface area (Å²) < 4.78 is 2.32. The van der Waals surface area contributed by atoms with Gasteiger partial charge in [0, 0.05) is 34.4 Å². The van der Waals surface area contributed by atoms with Crippen LogP contribution in [-0.2, 0) is 0 Å². The molecule has 4 nitrogen and oxygen atoms in total. The third kappa shape index (κ3) is 1.65. The SMILES string of the molecule is O=C(O)c1ccc(-c2cccc3c2ccn3C2CC2)[nH]1. The number of carboxylic acid groups (broad SMARTS) is 1. The molecule has 4 heteroatoms. The highest BCUT2D eigenvalue weighted by Gasteiger charge is 2.24. The molecule has 20 heavy (non-hydrogen) atoms. The van der Waals surface area contributed by atoms with Gasteiger partial charge in [0.25, 0.3) is 0 Å². The van der Waals surface area contributed by atoms with Crippen molar-refractivity contribution < 1.29 is 9.90 Å². The van der Waals surface area contributed by atoms with Gasteiger partial charge in [-0.05, 0) is 37.1 Å². The fraction of sp³-hybridized carbons (Fsp3) is 0.188. The number of carboxylic acids is 1. The summed E-state index contributed by atoms with van der Waals surface area (Å²) >= 11 is 0. The number of rotatable bonds is 3. The predicted molar refractivity (Wildman–Crippen MR) is 77.0 cm³/mol. The summed E-state index contributed by atoms with van der Waals surface area (Å²) in [6.07, 6.45) is 4.63. The molecule has 1 aromatic carbocycles. The van der Waals surface area contributed by atoms with Crippen molar-refractivity contribution in [3.8, 4) is 11.3 Å². The Hall–Kier alpha value is -2.49. The smallest absolute Gasteiger partial charge is 0.352 e. The Labute approximate surface area is 115 Å². The number of hydrogen-bond donors (Lipinski definition) is 2. The number of carbonyl (C=O) groups is 1. The predicted octanol–water partition coefficient (Wildman–Crippen LogP) is 3.67. The molecule has 4 rings (SSSR count). The van der Waals surface area contributed by atoms with Crippen molar-refractivity contribution in [2.45, 2.75) is 18.9 Å². The molecule has 0 bridgehead atoms. The van der Waals surface area contributed by atoms with Crippen LogP contribution in [0.15, 0.2) is 42.6 Å². The van der Waals surface area contributed by atoms with Crippen molar-refractivity contribution in [1.29, 1.82) is 0 Å². The van der Waals surface area contributed by atoms with Gasteiger partial charge in [0.1, 0.15) is 5.69 Å². The molecule has 0 amide bonds. The Morgan fingerprint density at radius 3 is 2.75 bits per heavy atom. The van der Waals surface area contributed by atoms with Crippen LogP contribution in [0.2, 0.25) is 0 Å². The van der Waals surface area contributed by atoms with E-state index in [-0.39, 0.29) is 5.69 Å². The van der Waals surface area contributed by atoms with Gasteiger partial charge in [0.05, 0.1) is 0 Å². The highest BCUT2D eigenvalue weighted by atomic mass is 16.4. The second-order valence-corrected chi connectivity index (χ2v) is 5.28. The largest absolute Gasteiger partial charge is 0.477 e. The first-order valence-electron chi connectivity index (χ1n) is 6.76. The number of H-pyrrole nitrogens is 1. The lowest BCUT2D eigenvalue weighted by molar-refractivity contribution is 0.0691. The second kappa shape index (κ2) is 4.00. The van der Waals surface area contributed by atoms with E-state index in [1.807, 2.05) is 18.2 Å². The number of nitrogens with one attached hydrogen (secondary N) is 1. The highest BCUT2D eigenvalue weighted by Crippen LogP contribution is 2.39. The molecule has 0 spiro atoms. The minimum atomic E-state index is -0.932. The zero-order chi connectivity index (χ0) is 13.7. The molecule has 1 fully saturated rings. The van der Waals surface area contributed by atoms with Crippen LogP contribution < -0.4 is 0 Å². The average molecular weight is 266 g/mol. The zero-order valence-electron chi connectivity index (χ0n) is 10.8. The number of aromatic carboxylic acids is 1. The first-order valence-corrected chi connectivity index (χ1v) is 6.76. The quantitative estimate of drug-likeness (QED) is 0.760. The highest BCUT2D eigenvalue weighted by molar-refractivity contribution is 5.96. The van der Waals surface area contributed by atoms with E-state index in [2.05, 4.69) is 27.9 Å². The number of nitrogens with zero attached hydrogens (tertiary/aromatic N) is 1. The van der Waals surface area contributed by atoms with Crippen LogP contribution in [0.5, 0.6) is 0 Å². The second-order valence-electron chi connectivity index (χ2n) is 5.28. The molecule has 100 valence electrons. The van der Waals surface area contributed by atoms with E-state index in [1.165, 1.54) is 18.4 Å². The third-order valence-corrected chi connectivity index (χ3v) is 3.91. The summed E-state index contributed by atoms with van der Waals surface area (Å²) in [5, 5.41) is 10.2. The van der Waals surface area contributed by atoms with Gasteiger partial charge in [-0.2, -0.15) is 0 Å². The fourth-order valence-electron chi connectivity index (χ4n) is 2.77. The van der Waals surface area contributed by atoms with Gasteiger partial charge >= 0.3 is 5.97 Å². The molecule has 0 saturated heterocycles. The monoisotopic (exact) mass is 266 g/mol. The first-order chi connectivity index (χ1) is 9.74. The Morgan fingerprint density at radius 2 is 2.05 bits per heavy atom. The number of benzene rings is 1. The van der Waals surface area contributed by atoms with E-state index < -0.39 is 5.97 Å². The van der Waals surface area contributed by atoms with Gasteiger partial charge < -0.3 is 14.7 Å². The summed E-state index contributed by atoms with van der Waals surface area (Å²) in [5.41, 5.74) is 3.34. The summed E-state index contributed by atoms with van der Waals surface area (Å²) in [6, 6.07) is 12.4. The average Bonchev–Trinajstić information content (AvgIpc) is 3.02. The number of aromatic amines is 1. The fourth-order valence-corrected chi connectivity index (χ4v) is 2.77. The van der Waals surface area contributed by atoms with Gasteiger partial charge in [-0.1, -0.05) is 12.1 Å². The Bertz CT molecular complexity index is 809. The Balaban J connectivity index is 1.88. The van der Waals surface area contributed by atoms with Crippen molar-refractivity contribution in [3.05, 3.63) is 48.3 Å². The lowest BCUT2D eigenvalue weighted by atomic mass is 10.1. The van der Waals surface area contributed by atoms with E-state index in [4.69, 9.17) is 5.11 Å². The Kier molecular flexibility index (Phi) is 2.27. The molecule has 1 aliphatic carbocycles. The summed E-state index contributed by atoms with van der Waals surface area (Å²) in [4.78, 5) is 13.9. The molecule has 0 atom stereocenters. The molecular formula is C16H14N2O2. The van der Waals surface area contributed by atoms with E-state index in [0.29, 0.717) is 6.04 Å². The number of hydrogen-bond acceptors (Lipinski definition) is 1. The third-order valence-electron chi connectivity index (χ3n) is 3.91. The van der Waals surface area contributed by atoms with Crippen LogP contribution in [0.3, 0.4) is 0 Å². The lowest BCUT2D eigenvalue weighted by Gasteiger charge is -2.05. The molecule has 3 aromatic rings. The van der Waals surface area contributed by atoms with Crippen molar-refractivity contribution in [2.24, 2.45) is 0 Å². The first kappa shape index (κ1) is 11.3. The van der Waals surface area contributed by atoms with Gasteiger partial charge in [-0.3, -0.25) is 0 Å². The molecule has 1 aliphatic rings. The molecule has 2 heterocycles. The van der Waals surface area contributed by atoms with Crippen LogP contribution in [-0.4, -0.2) is 20.6 Å². The van der Waals surface area contributed by atoms with Crippen molar-refractivity contribution >= 4 is 16.9 Å². The van der Waals surface area contributed by atoms with E-state index >= 15 is 0 Å². The van der Waals surface area contributed by atoms with E-state index in [0.717, 1.165) is 16.6 Å². The summed E-state index contributed by atoms with van der Waals surface area (Å²) in [7, 11) is 0. The van der Waals surface area contributed by atoms with Crippen molar-refractivity contribution in [1.82, 2.24) is 9.55 Å². The van der Waals surface area contributed by atoms with E-state index in [9.17, 15) is 4.79 Å². The van der Waals surface area contributed by atoms with Gasteiger partial charge in [0.2, 0.25) is 0 Å². The maximum Gasteiger partial charge on any atom is 0.352 e. The standard InChI is InChI=1S/C16H14N2O2/c19-16(20)14-7-6-13(17-14)11-2-1-3-15-12(11)8-9-18(15)10-4-5-10/h1-3,6-10,17H,4-5H2,(H,19,20). The molecule has 0 unspecified atom stereocenters. The zero-order valence-corrected chi connectivity index (χ0v) is 10.8. The summed E-state index contributed by atoms with van der Waals surface area (Å²) in [6.45, 7) is 0. The molecule has 1 saturated carbocycles. The molecule has 2 N–H and O–H groups in total. The van der Waals surface area contributed by atoms with Crippen LogP contribution in [0.1, 0.15) is 29.4 Å². The van der Waals surface area contributed by atoms with Crippen LogP contribution in [0.25, 0.3) is 22.2 Å². The van der Waals surface area contributed by atoms with Gasteiger partial charge in [-0.25, -0.2) is 4.79 Å². The topological polar surface area (TPSA) is 58.0 Å². The van der Waals surface area contributed by atoms with Crippen LogP contribution in [0, 0.1) is 0 Å². The van der Waals surface area contributed by atoms with Crippen molar-refractivity contribution in [2.75, 3.05) is 0 Å². The minimum absolute atomic E-state index is 0.221. The van der Waals surface area contributed by atoms with Crippen molar-refractivity contribution in [3.63, 3.8) is 0 Å². The minimum Gasteiger partial charge on any atom is -0.477 e. The van der Waals surface area contributed by atoms with E-state index in [1.54, 1.807) is 6.07 Å². The molecular weight excluding hydrogens is 252 g/mol. The maximum absolute atomic E-state index is 11.0. The van der Waals surface area contributed by atoms with Crippen LogP contribution >= 0.6 is 0 Å². The number of aromatic nitrogens is 2. The van der Waals surface area contributed by atoms with Gasteiger partial charge in [0.15, 0.2) is 0 Å². The normalized spacial score (nSPS) is 14.8. The molecule has 2 aromatic heterocycles.